The number of carbonyl (C=O) groups is 1. The number of halogens is 3. The molecule has 2 atom stereocenters. The molecule has 2 unspecified atom stereocenters. The Labute approximate surface area is 136 Å². The van der Waals surface area contributed by atoms with Crippen LogP contribution >= 0.6 is 59.1 Å². The predicted molar refractivity (Wildman–Crippen MR) is 86.7 cm³/mol. The standard InChI is InChI=1S/C12H14Br3NOS/c13-6-7-3-1-2-4-9(7)16-12(17)10-5-8(14)11(15)18-10/h5,7,9H,1-4,6H2,(H,16,17). The lowest BCUT2D eigenvalue weighted by Gasteiger charge is -2.30. The maximum Gasteiger partial charge on any atom is 0.261 e. The SMILES string of the molecule is O=C(NC1CCCCC1CBr)c1cc(Br)c(Br)s1. The van der Waals surface area contributed by atoms with Gasteiger partial charge in [0.05, 0.1) is 8.66 Å². The van der Waals surface area contributed by atoms with E-state index in [0.29, 0.717) is 12.0 Å². The van der Waals surface area contributed by atoms with E-state index in [4.69, 9.17) is 0 Å². The minimum Gasteiger partial charge on any atom is -0.348 e. The number of hydrogen-bond donors (Lipinski definition) is 1. The Morgan fingerprint density at radius 2 is 2.11 bits per heavy atom. The van der Waals surface area contributed by atoms with E-state index in [2.05, 4.69) is 53.1 Å². The van der Waals surface area contributed by atoms with Crippen molar-refractivity contribution in [3.63, 3.8) is 0 Å². The molecule has 1 aliphatic rings. The summed E-state index contributed by atoms with van der Waals surface area (Å²) in [5.41, 5.74) is 0. The highest BCUT2D eigenvalue weighted by Gasteiger charge is 2.26. The number of alkyl halides is 1. The van der Waals surface area contributed by atoms with Crippen molar-refractivity contribution in [2.75, 3.05) is 5.33 Å². The number of carbonyl (C=O) groups excluding carboxylic acids is 1. The van der Waals surface area contributed by atoms with Gasteiger partial charge in [-0.25, -0.2) is 0 Å². The van der Waals surface area contributed by atoms with E-state index < -0.39 is 0 Å². The molecule has 1 saturated carbocycles. The smallest absolute Gasteiger partial charge is 0.261 e. The first kappa shape index (κ1) is 15.0. The van der Waals surface area contributed by atoms with Crippen LogP contribution in [0.25, 0.3) is 0 Å². The molecular formula is C12H14Br3NOS. The molecule has 0 spiro atoms. The normalized spacial score (nSPS) is 23.9. The van der Waals surface area contributed by atoms with Crippen molar-refractivity contribution >= 4 is 65.0 Å². The molecule has 2 nitrogen and oxygen atoms in total. The molecule has 0 saturated heterocycles. The summed E-state index contributed by atoms with van der Waals surface area (Å²) in [7, 11) is 0. The van der Waals surface area contributed by atoms with Crippen LogP contribution in [0.2, 0.25) is 0 Å². The molecular weight excluding hydrogens is 446 g/mol. The van der Waals surface area contributed by atoms with Gasteiger partial charge in [-0.2, -0.15) is 0 Å². The summed E-state index contributed by atoms with van der Waals surface area (Å²) in [5.74, 6) is 0.610. The van der Waals surface area contributed by atoms with Gasteiger partial charge in [0.1, 0.15) is 0 Å². The van der Waals surface area contributed by atoms with Crippen molar-refractivity contribution in [2.24, 2.45) is 5.92 Å². The van der Waals surface area contributed by atoms with Crippen molar-refractivity contribution in [1.29, 1.82) is 0 Å². The molecule has 18 heavy (non-hydrogen) atoms. The number of nitrogens with one attached hydrogen (secondary N) is 1. The van der Waals surface area contributed by atoms with E-state index in [1.807, 2.05) is 6.07 Å². The largest absolute Gasteiger partial charge is 0.348 e. The molecule has 1 fully saturated rings. The lowest BCUT2D eigenvalue weighted by Crippen LogP contribution is -2.42. The van der Waals surface area contributed by atoms with Crippen molar-refractivity contribution in [3.8, 4) is 0 Å². The molecule has 6 heteroatoms. The van der Waals surface area contributed by atoms with Crippen LogP contribution in [0.5, 0.6) is 0 Å². The van der Waals surface area contributed by atoms with Gasteiger partial charge in [0, 0.05) is 15.8 Å². The molecule has 1 N–H and O–H groups in total. The first-order valence-electron chi connectivity index (χ1n) is 5.93. The fraction of sp³-hybridized carbons (Fsp3) is 0.583. The van der Waals surface area contributed by atoms with Crippen LogP contribution in [-0.4, -0.2) is 17.3 Å². The molecule has 1 aromatic heterocycles. The fourth-order valence-corrected chi connectivity index (χ4v) is 4.99. The van der Waals surface area contributed by atoms with Crippen LogP contribution in [0, 0.1) is 5.92 Å². The van der Waals surface area contributed by atoms with Crippen LogP contribution in [0.3, 0.4) is 0 Å². The van der Waals surface area contributed by atoms with E-state index in [0.717, 1.165) is 24.9 Å². The summed E-state index contributed by atoms with van der Waals surface area (Å²) in [5, 5.41) is 4.14. The second-order valence-electron chi connectivity index (χ2n) is 4.51. The molecule has 1 aliphatic carbocycles. The quantitative estimate of drug-likeness (QED) is 0.636. The lowest BCUT2D eigenvalue weighted by molar-refractivity contribution is 0.0916. The number of amides is 1. The van der Waals surface area contributed by atoms with Crippen molar-refractivity contribution in [3.05, 3.63) is 19.2 Å². The van der Waals surface area contributed by atoms with Crippen LogP contribution in [0.1, 0.15) is 35.4 Å². The third-order valence-electron chi connectivity index (χ3n) is 3.29. The van der Waals surface area contributed by atoms with Crippen molar-refractivity contribution in [2.45, 2.75) is 31.7 Å². The maximum atomic E-state index is 12.2. The van der Waals surface area contributed by atoms with Crippen LogP contribution in [-0.2, 0) is 0 Å². The number of thiophene rings is 1. The molecule has 1 amide bonds. The Balaban J connectivity index is 2.01. The third kappa shape index (κ3) is 3.58. The first-order valence-corrected chi connectivity index (χ1v) is 9.46. The summed E-state index contributed by atoms with van der Waals surface area (Å²) >= 11 is 11.8. The molecule has 0 aliphatic heterocycles. The van der Waals surface area contributed by atoms with Crippen LogP contribution < -0.4 is 5.32 Å². The molecule has 2 rings (SSSR count). The highest BCUT2D eigenvalue weighted by Crippen LogP contribution is 2.33. The molecule has 0 bridgehead atoms. The Morgan fingerprint density at radius 1 is 1.39 bits per heavy atom. The van der Waals surface area contributed by atoms with Gasteiger partial charge in [0.15, 0.2) is 0 Å². The molecule has 1 heterocycles. The van der Waals surface area contributed by atoms with Crippen LogP contribution in [0.15, 0.2) is 14.3 Å². The fourth-order valence-electron chi connectivity index (χ4n) is 2.28. The third-order valence-corrected chi connectivity index (χ3v) is 7.38. The summed E-state index contributed by atoms with van der Waals surface area (Å²) in [4.78, 5) is 12.9. The summed E-state index contributed by atoms with van der Waals surface area (Å²) < 4.78 is 1.91. The summed E-state index contributed by atoms with van der Waals surface area (Å²) in [6.07, 6.45) is 4.79. The average molecular weight is 460 g/mol. The van der Waals surface area contributed by atoms with Gasteiger partial charge < -0.3 is 5.32 Å². The van der Waals surface area contributed by atoms with Gasteiger partial charge in [0.2, 0.25) is 0 Å². The second-order valence-corrected chi connectivity index (χ2v) is 8.38. The maximum absolute atomic E-state index is 12.2. The minimum atomic E-state index is 0.0456. The number of hydrogen-bond acceptors (Lipinski definition) is 2. The van der Waals surface area contributed by atoms with E-state index >= 15 is 0 Å². The Bertz CT molecular complexity index is 415. The molecule has 0 radical (unpaired) electrons. The van der Waals surface area contributed by atoms with Gasteiger partial charge in [-0.1, -0.05) is 28.8 Å². The van der Waals surface area contributed by atoms with E-state index in [1.165, 1.54) is 30.6 Å². The lowest BCUT2D eigenvalue weighted by atomic mass is 9.86. The Hall–Kier alpha value is 0.610. The summed E-state index contributed by atoms with van der Waals surface area (Å²) in [6, 6.07) is 2.18. The van der Waals surface area contributed by atoms with Gasteiger partial charge in [-0.05, 0) is 56.7 Å². The zero-order valence-corrected chi connectivity index (χ0v) is 15.3. The van der Waals surface area contributed by atoms with Gasteiger partial charge in [0.25, 0.3) is 5.91 Å². The topological polar surface area (TPSA) is 29.1 Å². The van der Waals surface area contributed by atoms with Crippen LogP contribution in [0.4, 0.5) is 0 Å². The molecule has 0 aromatic carbocycles. The summed E-state index contributed by atoms with van der Waals surface area (Å²) in [6.45, 7) is 0. The highest BCUT2D eigenvalue weighted by atomic mass is 79.9. The van der Waals surface area contributed by atoms with E-state index in [9.17, 15) is 4.79 Å². The number of rotatable bonds is 3. The van der Waals surface area contributed by atoms with Gasteiger partial charge in [-0.3, -0.25) is 4.79 Å². The monoisotopic (exact) mass is 457 g/mol. The highest BCUT2D eigenvalue weighted by molar-refractivity contribution is 9.13. The second kappa shape index (κ2) is 6.86. The molecule has 1 aromatic rings. The van der Waals surface area contributed by atoms with Crippen molar-refractivity contribution < 1.29 is 4.79 Å². The average Bonchev–Trinajstić information content (AvgIpc) is 2.70. The zero-order valence-electron chi connectivity index (χ0n) is 9.72. The Morgan fingerprint density at radius 3 is 2.72 bits per heavy atom. The zero-order chi connectivity index (χ0) is 13.1. The van der Waals surface area contributed by atoms with E-state index in [-0.39, 0.29) is 5.91 Å². The molecule has 100 valence electrons. The predicted octanol–water partition coefficient (Wildman–Crippen LogP) is 4.96. The van der Waals surface area contributed by atoms with Crippen molar-refractivity contribution in [1.82, 2.24) is 5.32 Å². The van der Waals surface area contributed by atoms with E-state index in [1.54, 1.807) is 0 Å². The minimum absolute atomic E-state index is 0.0456. The first-order chi connectivity index (χ1) is 8.61. The van der Waals surface area contributed by atoms with Gasteiger partial charge >= 0.3 is 0 Å². The Kier molecular flexibility index (Phi) is 5.72. The van der Waals surface area contributed by atoms with Gasteiger partial charge in [-0.15, -0.1) is 11.3 Å².